The first-order valence-electron chi connectivity index (χ1n) is 10.2. The van der Waals surface area contributed by atoms with Gasteiger partial charge in [0.2, 0.25) is 13.6 Å². The predicted octanol–water partition coefficient (Wildman–Crippen LogP) is 1.37. The highest BCUT2D eigenvalue weighted by molar-refractivity contribution is 7.61. The van der Waals surface area contributed by atoms with E-state index < -0.39 is 56.2 Å². The summed E-state index contributed by atoms with van der Waals surface area (Å²) in [6, 6.07) is 0. The monoisotopic (exact) mass is 477 g/mol. The number of aliphatic hydroxyl groups excluding tert-OH is 1. The van der Waals surface area contributed by atoms with Gasteiger partial charge in [0.25, 0.3) is 0 Å². The minimum atomic E-state index is -4.18. The van der Waals surface area contributed by atoms with Gasteiger partial charge in [0, 0.05) is 6.61 Å². The SMILES string of the molecule is CC(C)(C)C(=O)OCOP(=O)(OCOC(=O)C(C)(C)C)c1cn(CC2OCCC2O)nn1. The lowest BCUT2D eigenvalue weighted by Crippen LogP contribution is -2.27. The largest absolute Gasteiger partial charge is 0.438 e. The summed E-state index contributed by atoms with van der Waals surface area (Å²) in [6.07, 6.45) is 0.698. The van der Waals surface area contributed by atoms with Gasteiger partial charge in [-0.15, -0.1) is 5.10 Å². The zero-order valence-electron chi connectivity index (χ0n) is 19.3. The first kappa shape index (κ1) is 26.4. The van der Waals surface area contributed by atoms with Crippen molar-refractivity contribution < 1.29 is 42.5 Å². The number of ether oxygens (including phenoxy) is 3. The molecular formula is C19H32N3O9P. The van der Waals surface area contributed by atoms with Crippen LogP contribution in [0.25, 0.3) is 0 Å². The Kier molecular flexibility index (Phi) is 8.57. The number of esters is 2. The highest BCUT2D eigenvalue weighted by Crippen LogP contribution is 2.46. The molecule has 0 aliphatic carbocycles. The van der Waals surface area contributed by atoms with Gasteiger partial charge >= 0.3 is 19.5 Å². The van der Waals surface area contributed by atoms with Crippen LogP contribution < -0.4 is 5.44 Å². The van der Waals surface area contributed by atoms with Crippen molar-refractivity contribution in [3.05, 3.63) is 6.20 Å². The highest BCUT2D eigenvalue weighted by Gasteiger charge is 2.35. The third kappa shape index (κ3) is 7.35. The number of hydrogen-bond donors (Lipinski definition) is 1. The Balaban J connectivity index is 2.09. The van der Waals surface area contributed by atoms with Gasteiger partial charge in [0.1, 0.15) is 6.10 Å². The molecule has 13 heteroatoms. The topological polar surface area (TPSA) is 148 Å². The van der Waals surface area contributed by atoms with E-state index in [-0.39, 0.29) is 12.0 Å². The van der Waals surface area contributed by atoms with Gasteiger partial charge in [-0.1, -0.05) is 5.21 Å². The summed E-state index contributed by atoms with van der Waals surface area (Å²) in [4.78, 5) is 23.9. The van der Waals surface area contributed by atoms with E-state index in [1.165, 1.54) is 10.9 Å². The molecule has 2 unspecified atom stereocenters. The van der Waals surface area contributed by atoms with Crippen molar-refractivity contribution in [3.8, 4) is 0 Å². The summed E-state index contributed by atoms with van der Waals surface area (Å²) in [6.45, 7) is 9.19. The fraction of sp³-hybridized carbons (Fsp3) is 0.789. The van der Waals surface area contributed by atoms with Gasteiger partial charge < -0.3 is 19.3 Å². The fourth-order valence-electron chi connectivity index (χ4n) is 2.40. The molecule has 0 bridgehead atoms. The van der Waals surface area contributed by atoms with E-state index in [0.29, 0.717) is 13.0 Å². The third-order valence-corrected chi connectivity index (χ3v) is 6.06. The van der Waals surface area contributed by atoms with Crippen LogP contribution in [-0.4, -0.2) is 64.4 Å². The van der Waals surface area contributed by atoms with Crippen LogP contribution in [0.1, 0.15) is 48.0 Å². The van der Waals surface area contributed by atoms with E-state index in [0.717, 1.165) is 0 Å². The number of aromatic nitrogens is 3. The van der Waals surface area contributed by atoms with E-state index in [2.05, 4.69) is 10.3 Å². The van der Waals surface area contributed by atoms with Gasteiger partial charge in [-0.2, -0.15) is 0 Å². The molecule has 1 aromatic rings. The average Bonchev–Trinajstić information content (AvgIpc) is 3.30. The molecule has 2 heterocycles. The molecule has 0 aromatic carbocycles. The summed E-state index contributed by atoms with van der Waals surface area (Å²) >= 11 is 0. The van der Waals surface area contributed by atoms with Crippen molar-refractivity contribution >= 4 is 25.0 Å². The smallest absolute Gasteiger partial charge is 0.388 e. The summed E-state index contributed by atoms with van der Waals surface area (Å²) < 4.78 is 40.6. The molecule has 0 saturated carbocycles. The maximum atomic E-state index is 13.4. The molecule has 1 saturated heterocycles. The van der Waals surface area contributed by atoms with Crippen LogP contribution in [-0.2, 0) is 44.0 Å². The van der Waals surface area contributed by atoms with Gasteiger partial charge in [-0.25, -0.2) is 4.68 Å². The van der Waals surface area contributed by atoms with Crippen LogP contribution in [0.15, 0.2) is 6.20 Å². The summed E-state index contributed by atoms with van der Waals surface area (Å²) in [5.74, 6) is -1.14. The molecule has 2 rings (SSSR count). The van der Waals surface area contributed by atoms with Gasteiger partial charge in [-0.3, -0.25) is 23.2 Å². The lowest BCUT2D eigenvalue weighted by molar-refractivity contribution is -0.161. The van der Waals surface area contributed by atoms with Crippen molar-refractivity contribution in [3.63, 3.8) is 0 Å². The third-order valence-electron chi connectivity index (χ3n) is 4.40. The second kappa shape index (κ2) is 10.4. The summed E-state index contributed by atoms with van der Waals surface area (Å²) in [7, 11) is -4.18. The Labute approximate surface area is 187 Å². The molecule has 0 amide bonds. The molecule has 1 aliphatic rings. The van der Waals surface area contributed by atoms with E-state index in [9.17, 15) is 19.3 Å². The van der Waals surface area contributed by atoms with Crippen molar-refractivity contribution in [2.75, 3.05) is 20.2 Å². The van der Waals surface area contributed by atoms with Crippen molar-refractivity contribution in [2.45, 2.75) is 66.7 Å². The summed E-state index contributed by atoms with van der Waals surface area (Å²) in [5, 5.41) is 17.6. The first-order valence-corrected chi connectivity index (χ1v) is 11.7. The van der Waals surface area contributed by atoms with E-state index >= 15 is 0 Å². The zero-order valence-corrected chi connectivity index (χ0v) is 20.2. The highest BCUT2D eigenvalue weighted by atomic mass is 31.2. The number of nitrogens with zero attached hydrogens (tertiary/aromatic N) is 3. The van der Waals surface area contributed by atoms with Crippen LogP contribution in [0, 0.1) is 10.8 Å². The Morgan fingerprint density at radius 1 is 1.12 bits per heavy atom. The zero-order chi connectivity index (χ0) is 24.2. The van der Waals surface area contributed by atoms with E-state index in [1.54, 1.807) is 41.5 Å². The molecule has 12 nitrogen and oxygen atoms in total. The first-order chi connectivity index (χ1) is 14.7. The lowest BCUT2D eigenvalue weighted by atomic mass is 9.98. The average molecular weight is 477 g/mol. The maximum absolute atomic E-state index is 13.4. The quantitative estimate of drug-likeness (QED) is 0.312. The molecule has 1 aliphatic heterocycles. The Hall–Kier alpha value is -1.85. The Morgan fingerprint density at radius 2 is 1.66 bits per heavy atom. The van der Waals surface area contributed by atoms with Crippen molar-refractivity contribution in [1.29, 1.82) is 0 Å². The fourth-order valence-corrected chi connectivity index (χ4v) is 3.55. The minimum Gasteiger partial charge on any atom is -0.438 e. The number of carbonyl (C=O) groups is 2. The Morgan fingerprint density at radius 3 is 2.09 bits per heavy atom. The standard InChI is InChI=1S/C19H32N3O9P/c1-18(2,3)16(24)28-11-30-32(26,31-12-29-17(25)19(4,5)6)15-10-22(21-20-15)9-14-13(23)7-8-27-14/h10,13-14,23H,7-9,11-12H2,1-6H3. The molecular weight excluding hydrogens is 445 g/mol. The van der Waals surface area contributed by atoms with Crippen molar-refractivity contribution in [1.82, 2.24) is 15.0 Å². The second-order valence-corrected chi connectivity index (χ2v) is 11.4. The predicted molar refractivity (Wildman–Crippen MR) is 111 cm³/mol. The van der Waals surface area contributed by atoms with Crippen LogP contribution in [0.3, 0.4) is 0 Å². The molecule has 0 radical (unpaired) electrons. The maximum Gasteiger partial charge on any atom is 0.388 e. The van der Waals surface area contributed by atoms with E-state index in [1.807, 2.05) is 0 Å². The molecule has 0 spiro atoms. The normalized spacial score (nSPS) is 19.7. The second-order valence-electron chi connectivity index (χ2n) is 9.42. The van der Waals surface area contributed by atoms with Gasteiger partial charge in [0.15, 0.2) is 5.44 Å². The lowest BCUT2D eigenvalue weighted by Gasteiger charge is -2.20. The molecule has 2 atom stereocenters. The number of carbonyl (C=O) groups excluding carboxylic acids is 2. The number of hydrogen-bond acceptors (Lipinski definition) is 11. The van der Waals surface area contributed by atoms with Crippen LogP contribution >= 0.6 is 7.60 Å². The molecule has 1 fully saturated rings. The van der Waals surface area contributed by atoms with Gasteiger partial charge in [-0.05, 0) is 48.0 Å². The van der Waals surface area contributed by atoms with E-state index in [4.69, 9.17) is 23.3 Å². The number of aliphatic hydroxyl groups is 1. The van der Waals surface area contributed by atoms with Crippen molar-refractivity contribution in [2.24, 2.45) is 10.8 Å². The molecule has 182 valence electrons. The van der Waals surface area contributed by atoms with Gasteiger partial charge in [0.05, 0.1) is 29.7 Å². The molecule has 32 heavy (non-hydrogen) atoms. The Bertz CT molecular complexity index is 808. The molecule has 1 aromatic heterocycles. The molecule has 1 N–H and O–H groups in total. The minimum absolute atomic E-state index is 0.173. The van der Waals surface area contributed by atoms with Crippen LogP contribution in [0.5, 0.6) is 0 Å². The van der Waals surface area contributed by atoms with Crippen LogP contribution in [0.2, 0.25) is 0 Å². The summed E-state index contributed by atoms with van der Waals surface area (Å²) in [5.41, 5.74) is -1.76. The van der Waals surface area contributed by atoms with Crippen LogP contribution in [0.4, 0.5) is 0 Å². The number of rotatable bonds is 9.